The van der Waals surface area contributed by atoms with Crippen molar-refractivity contribution < 1.29 is 14.3 Å². The zero-order valence-electron chi connectivity index (χ0n) is 11.9. The molecule has 0 saturated carbocycles. The molecule has 1 aliphatic heterocycles. The maximum absolute atomic E-state index is 12.0. The van der Waals surface area contributed by atoms with Crippen molar-refractivity contribution in [2.75, 3.05) is 5.32 Å². The van der Waals surface area contributed by atoms with Gasteiger partial charge in [0.15, 0.2) is 0 Å². The minimum absolute atomic E-state index is 0.0771. The predicted octanol–water partition coefficient (Wildman–Crippen LogP) is 2.70. The minimum Gasteiger partial charge on any atom is -0.457 e. The Bertz CT molecular complexity index is 668. The molecular weight excluding hydrogens is 280 g/mol. The number of amides is 2. The van der Waals surface area contributed by atoms with Crippen molar-refractivity contribution in [3.8, 4) is 11.5 Å². The van der Waals surface area contributed by atoms with Gasteiger partial charge in [-0.3, -0.25) is 9.59 Å². The minimum atomic E-state index is -0.437. The van der Waals surface area contributed by atoms with E-state index in [-0.39, 0.29) is 11.8 Å². The Morgan fingerprint density at radius 2 is 1.73 bits per heavy atom. The highest BCUT2D eigenvalue weighted by molar-refractivity contribution is 5.98. The third-order valence-electron chi connectivity index (χ3n) is 3.41. The highest BCUT2D eigenvalue weighted by Crippen LogP contribution is 2.22. The normalized spacial score (nSPS) is 16.9. The molecular formula is C17H16N2O3. The molecule has 112 valence electrons. The van der Waals surface area contributed by atoms with Crippen LogP contribution in [0.5, 0.6) is 11.5 Å². The van der Waals surface area contributed by atoms with E-state index in [1.807, 2.05) is 30.3 Å². The highest BCUT2D eigenvalue weighted by Gasteiger charge is 2.26. The molecule has 1 heterocycles. The molecule has 1 aliphatic rings. The van der Waals surface area contributed by atoms with Crippen LogP contribution in [0, 0.1) is 0 Å². The first-order valence-corrected chi connectivity index (χ1v) is 7.14. The fraction of sp³-hybridized carbons (Fsp3) is 0.176. The van der Waals surface area contributed by atoms with Crippen LogP contribution in [0.4, 0.5) is 5.69 Å². The molecule has 5 nitrogen and oxygen atoms in total. The Morgan fingerprint density at radius 3 is 2.36 bits per heavy atom. The summed E-state index contributed by atoms with van der Waals surface area (Å²) in [5.41, 5.74) is 0.673. The van der Waals surface area contributed by atoms with Gasteiger partial charge in [-0.05, 0) is 42.8 Å². The van der Waals surface area contributed by atoms with Gasteiger partial charge < -0.3 is 15.4 Å². The molecule has 2 aromatic rings. The van der Waals surface area contributed by atoms with E-state index in [1.165, 1.54) is 0 Å². The van der Waals surface area contributed by atoms with Crippen molar-refractivity contribution in [1.82, 2.24) is 5.32 Å². The molecule has 2 amide bonds. The Balaban J connectivity index is 1.59. The summed E-state index contributed by atoms with van der Waals surface area (Å²) in [6.45, 7) is 0. The van der Waals surface area contributed by atoms with E-state index >= 15 is 0 Å². The predicted molar refractivity (Wildman–Crippen MR) is 82.8 cm³/mol. The zero-order valence-corrected chi connectivity index (χ0v) is 11.9. The Hall–Kier alpha value is -2.82. The van der Waals surface area contributed by atoms with Crippen LogP contribution >= 0.6 is 0 Å². The molecule has 1 saturated heterocycles. The molecule has 0 radical (unpaired) electrons. The van der Waals surface area contributed by atoms with Crippen molar-refractivity contribution in [2.45, 2.75) is 18.9 Å². The van der Waals surface area contributed by atoms with Crippen molar-refractivity contribution in [1.29, 1.82) is 0 Å². The van der Waals surface area contributed by atoms with Gasteiger partial charge in [0.25, 0.3) is 0 Å². The van der Waals surface area contributed by atoms with E-state index in [0.717, 1.165) is 5.75 Å². The molecule has 2 aromatic carbocycles. The summed E-state index contributed by atoms with van der Waals surface area (Å²) in [5.74, 6) is 1.18. The molecule has 0 spiro atoms. The molecule has 5 heteroatoms. The number of ether oxygens (including phenoxy) is 1. The average Bonchev–Trinajstić information content (AvgIpc) is 2.97. The van der Waals surface area contributed by atoms with Crippen LogP contribution in [0.25, 0.3) is 0 Å². The molecule has 0 aliphatic carbocycles. The number of carbonyl (C=O) groups is 2. The van der Waals surface area contributed by atoms with Crippen LogP contribution in [0.2, 0.25) is 0 Å². The van der Waals surface area contributed by atoms with Gasteiger partial charge in [-0.25, -0.2) is 0 Å². The largest absolute Gasteiger partial charge is 0.457 e. The number of benzene rings is 2. The number of nitrogens with one attached hydrogen (secondary N) is 2. The van der Waals surface area contributed by atoms with Gasteiger partial charge in [-0.15, -0.1) is 0 Å². The highest BCUT2D eigenvalue weighted by atomic mass is 16.5. The second-order valence-electron chi connectivity index (χ2n) is 5.09. The molecule has 1 fully saturated rings. The van der Waals surface area contributed by atoms with E-state index in [4.69, 9.17) is 4.74 Å². The fourth-order valence-electron chi connectivity index (χ4n) is 2.27. The van der Waals surface area contributed by atoms with E-state index in [1.54, 1.807) is 24.3 Å². The second kappa shape index (κ2) is 6.30. The van der Waals surface area contributed by atoms with Crippen molar-refractivity contribution in [3.63, 3.8) is 0 Å². The fourth-order valence-corrected chi connectivity index (χ4v) is 2.27. The standard InChI is InChI=1S/C17H16N2O3/c20-16-11-10-15(19-16)17(21)18-12-6-8-14(9-7-12)22-13-4-2-1-3-5-13/h1-9,15H,10-11H2,(H,18,21)(H,19,20)/t15-/m0/s1. The first-order valence-electron chi connectivity index (χ1n) is 7.14. The van der Waals surface area contributed by atoms with Crippen LogP contribution in [-0.4, -0.2) is 17.9 Å². The van der Waals surface area contributed by atoms with E-state index < -0.39 is 6.04 Å². The second-order valence-corrected chi connectivity index (χ2v) is 5.09. The topological polar surface area (TPSA) is 67.4 Å². The van der Waals surface area contributed by atoms with Crippen molar-refractivity contribution in [3.05, 3.63) is 54.6 Å². The molecule has 0 aromatic heterocycles. The molecule has 22 heavy (non-hydrogen) atoms. The maximum Gasteiger partial charge on any atom is 0.246 e. The summed E-state index contributed by atoms with van der Waals surface area (Å²) in [6, 6.07) is 16.2. The number of rotatable bonds is 4. The first-order chi connectivity index (χ1) is 10.7. The van der Waals surface area contributed by atoms with E-state index in [2.05, 4.69) is 10.6 Å². The summed E-state index contributed by atoms with van der Waals surface area (Å²) >= 11 is 0. The number of hydrogen-bond donors (Lipinski definition) is 2. The van der Waals surface area contributed by atoms with Gasteiger partial charge >= 0.3 is 0 Å². The Kier molecular flexibility index (Phi) is 4.05. The lowest BCUT2D eigenvalue weighted by Crippen LogP contribution is -2.37. The summed E-state index contributed by atoms with van der Waals surface area (Å²) in [4.78, 5) is 23.1. The summed E-state index contributed by atoms with van der Waals surface area (Å²) in [5, 5.41) is 5.43. The third kappa shape index (κ3) is 3.44. The molecule has 1 atom stereocenters. The van der Waals surface area contributed by atoms with Gasteiger partial charge in [0.2, 0.25) is 11.8 Å². The van der Waals surface area contributed by atoms with Crippen molar-refractivity contribution in [2.24, 2.45) is 0 Å². The van der Waals surface area contributed by atoms with Crippen LogP contribution in [0.1, 0.15) is 12.8 Å². The Morgan fingerprint density at radius 1 is 1.05 bits per heavy atom. The SMILES string of the molecule is O=C1CC[C@@H](C(=O)Nc2ccc(Oc3ccccc3)cc2)N1. The summed E-state index contributed by atoms with van der Waals surface area (Å²) in [6.07, 6.45) is 0.946. The van der Waals surface area contributed by atoms with E-state index in [0.29, 0.717) is 24.3 Å². The number of para-hydroxylation sites is 1. The molecule has 0 bridgehead atoms. The number of hydrogen-bond acceptors (Lipinski definition) is 3. The van der Waals surface area contributed by atoms with Gasteiger partial charge in [-0.2, -0.15) is 0 Å². The van der Waals surface area contributed by atoms with Crippen LogP contribution in [-0.2, 0) is 9.59 Å². The zero-order chi connectivity index (χ0) is 15.4. The van der Waals surface area contributed by atoms with E-state index in [9.17, 15) is 9.59 Å². The lowest BCUT2D eigenvalue weighted by Gasteiger charge is -2.11. The average molecular weight is 296 g/mol. The monoisotopic (exact) mass is 296 g/mol. The van der Waals surface area contributed by atoms with Gasteiger partial charge in [0.05, 0.1) is 0 Å². The smallest absolute Gasteiger partial charge is 0.246 e. The first kappa shape index (κ1) is 14.1. The Labute approximate surface area is 128 Å². The molecule has 0 unspecified atom stereocenters. The summed E-state index contributed by atoms with van der Waals surface area (Å²) in [7, 11) is 0. The van der Waals surface area contributed by atoms with Gasteiger partial charge in [-0.1, -0.05) is 18.2 Å². The van der Waals surface area contributed by atoms with Crippen LogP contribution in [0.3, 0.4) is 0 Å². The van der Waals surface area contributed by atoms with Crippen molar-refractivity contribution >= 4 is 17.5 Å². The molecule has 3 rings (SSSR count). The molecule has 2 N–H and O–H groups in total. The van der Waals surface area contributed by atoms with Gasteiger partial charge in [0.1, 0.15) is 17.5 Å². The van der Waals surface area contributed by atoms with Crippen LogP contribution < -0.4 is 15.4 Å². The summed E-state index contributed by atoms with van der Waals surface area (Å²) < 4.78 is 5.68. The number of carbonyl (C=O) groups excluding carboxylic acids is 2. The quantitative estimate of drug-likeness (QED) is 0.911. The third-order valence-corrected chi connectivity index (χ3v) is 3.41. The maximum atomic E-state index is 12.0. The van der Waals surface area contributed by atoms with Gasteiger partial charge in [0, 0.05) is 12.1 Å². The van der Waals surface area contributed by atoms with Crippen LogP contribution in [0.15, 0.2) is 54.6 Å². The lowest BCUT2D eigenvalue weighted by atomic mass is 10.2. The number of anilines is 1. The lowest BCUT2D eigenvalue weighted by molar-refractivity contribution is -0.122.